The lowest BCUT2D eigenvalue weighted by Gasteiger charge is -2.31. The number of piperidine rings is 1. The maximum atomic E-state index is 12.5. The van der Waals surface area contributed by atoms with Crippen LogP contribution >= 0.6 is 11.3 Å². The molecule has 2 aromatic rings. The highest BCUT2D eigenvalue weighted by molar-refractivity contribution is 7.12. The molecular weight excluding hydrogens is 406 g/mol. The molecule has 0 saturated carbocycles. The second-order valence-electron chi connectivity index (χ2n) is 6.96. The molecule has 2 N–H and O–H groups in total. The number of esters is 1. The second kappa shape index (κ2) is 10.0. The molecule has 4 amide bonds. The first-order chi connectivity index (χ1) is 14.4. The minimum Gasteiger partial charge on any atom is -0.452 e. The van der Waals surface area contributed by atoms with Crippen molar-refractivity contribution in [2.24, 2.45) is 5.92 Å². The van der Waals surface area contributed by atoms with Gasteiger partial charge >= 0.3 is 12.0 Å². The van der Waals surface area contributed by atoms with Crippen LogP contribution in [0, 0.1) is 5.92 Å². The minimum absolute atomic E-state index is 0.106. The number of benzene rings is 1. The van der Waals surface area contributed by atoms with Crippen LogP contribution in [0.5, 0.6) is 0 Å². The van der Waals surface area contributed by atoms with Gasteiger partial charge in [-0.15, -0.1) is 11.3 Å². The van der Waals surface area contributed by atoms with Gasteiger partial charge in [-0.2, -0.15) is 0 Å². The minimum atomic E-state index is -1.14. The summed E-state index contributed by atoms with van der Waals surface area (Å²) in [6, 6.07) is 11.5. The zero-order valence-corrected chi connectivity index (χ0v) is 17.3. The Morgan fingerprint density at radius 2 is 1.90 bits per heavy atom. The maximum absolute atomic E-state index is 12.5. The highest BCUT2D eigenvalue weighted by Crippen LogP contribution is 2.22. The number of urea groups is 1. The number of hydrogen-bond acceptors (Lipinski definition) is 6. The molecule has 8 nitrogen and oxygen atoms in total. The van der Waals surface area contributed by atoms with Gasteiger partial charge < -0.3 is 15.0 Å². The molecule has 0 radical (unpaired) electrons. The maximum Gasteiger partial charge on any atom is 0.325 e. The first-order valence-electron chi connectivity index (χ1n) is 9.64. The summed E-state index contributed by atoms with van der Waals surface area (Å²) >= 11 is 1.36. The molecule has 2 atom stereocenters. The number of anilines is 1. The van der Waals surface area contributed by atoms with Gasteiger partial charge in [0, 0.05) is 18.8 Å². The number of carbonyl (C=O) groups is 4. The Hall–Kier alpha value is -3.20. The van der Waals surface area contributed by atoms with E-state index in [9.17, 15) is 19.2 Å². The van der Waals surface area contributed by atoms with Gasteiger partial charge in [0.15, 0.2) is 6.10 Å². The van der Waals surface area contributed by atoms with Crippen LogP contribution in [-0.2, 0) is 14.3 Å². The van der Waals surface area contributed by atoms with Crippen LogP contribution in [0.2, 0.25) is 0 Å². The number of likely N-dealkylation sites (tertiary alicyclic amines) is 1. The number of thiophene rings is 1. The summed E-state index contributed by atoms with van der Waals surface area (Å²) in [4.78, 5) is 51.4. The number of carbonyl (C=O) groups excluding carboxylic acids is 4. The Kier molecular flexibility index (Phi) is 7.18. The van der Waals surface area contributed by atoms with Gasteiger partial charge in [-0.25, -0.2) is 4.79 Å². The fourth-order valence-electron chi connectivity index (χ4n) is 3.13. The van der Waals surface area contributed by atoms with Crippen molar-refractivity contribution in [2.45, 2.75) is 25.9 Å². The highest BCUT2D eigenvalue weighted by atomic mass is 32.1. The van der Waals surface area contributed by atoms with Crippen LogP contribution in [0.4, 0.5) is 10.5 Å². The summed E-state index contributed by atoms with van der Waals surface area (Å²) in [6.45, 7) is 2.23. The molecule has 1 aromatic heterocycles. The van der Waals surface area contributed by atoms with Crippen LogP contribution in [0.15, 0.2) is 47.8 Å². The molecule has 30 heavy (non-hydrogen) atoms. The topological polar surface area (TPSA) is 105 Å². The standard InChI is InChI=1S/C21H23N3O5S/c1-14(18(25)23-21(28)22-16-8-3-2-4-9-16)29-20(27)15-7-5-11-24(13-15)19(26)17-10-6-12-30-17/h2-4,6,8-10,12,14-15H,5,7,11,13H2,1H3,(H2,22,23,25,28). The van der Waals surface area contributed by atoms with Gasteiger partial charge in [0.2, 0.25) is 0 Å². The van der Waals surface area contributed by atoms with Crippen molar-refractivity contribution in [3.63, 3.8) is 0 Å². The number of para-hydroxylation sites is 1. The molecule has 1 fully saturated rings. The van der Waals surface area contributed by atoms with E-state index in [1.165, 1.54) is 18.3 Å². The third-order valence-corrected chi connectivity index (χ3v) is 5.56. The third kappa shape index (κ3) is 5.66. The molecular formula is C21H23N3O5S. The average Bonchev–Trinajstić information content (AvgIpc) is 3.28. The number of amides is 4. The molecule has 1 aliphatic rings. The molecule has 0 aliphatic carbocycles. The molecule has 2 unspecified atom stereocenters. The first-order valence-corrected chi connectivity index (χ1v) is 10.5. The van der Waals surface area contributed by atoms with Crippen LogP contribution in [0.3, 0.4) is 0 Å². The average molecular weight is 429 g/mol. The number of nitrogens with one attached hydrogen (secondary N) is 2. The fraction of sp³-hybridized carbons (Fsp3) is 0.333. The molecule has 1 aromatic carbocycles. The Morgan fingerprint density at radius 1 is 1.13 bits per heavy atom. The van der Waals surface area contributed by atoms with Crippen LogP contribution in [0.25, 0.3) is 0 Å². The highest BCUT2D eigenvalue weighted by Gasteiger charge is 2.32. The molecule has 0 bridgehead atoms. The predicted octanol–water partition coefficient (Wildman–Crippen LogP) is 2.88. The van der Waals surface area contributed by atoms with E-state index in [0.717, 1.165) is 0 Å². The van der Waals surface area contributed by atoms with Crippen LogP contribution in [0.1, 0.15) is 29.4 Å². The van der Waals surface area contributed by atoms with E-state index in [4.69, 9.17) is 4.74 Å². The fourth-order valence-corrected chi connectivity index (χ4v) is 3.82. The first kappa shape index (κ1) is 21.5. The van der Waals surface area contributed by atoms with Gasteiger partial charge in [-0.3, -0.25) is 19.7 Å². The van der Waals surface area contributed by atoms with Crippen LogP contribution in [-0.4, -0.2) is 47.9 Å². The van der Waals surface area contributed by atoms with Crippen molar-refractivity contribution in [1.82, 2.24) is 10.2 Å². The van der Waals surface area contributed by atoms with Crippen molar-refractivity contribution in [2.75, 3.05) is 18.4 Å². The number of ether oxygens (including phenoxy) is 1. The van der Waals surface area contributed by atoms with Gasteiger partial charge in [0.1, 0.15) is 0 Å². The zero-order valence-electron chi connectivity index (χ0n) is 16.5. The lowest BCUT2D eigenvalue weighted by Crippen LogP contribution is -2.45. The third-order valence-electron chi connectivity index (χ3n) is 4.70. The summed E-state index contributed by atoms with van der Waals surface area (Å²) in [6.07, 6.45) is 0.120. The molecule has 9 heteroatoms. The van der Waals surface area contributed by atoms with E-state index in [1.54, 1.807) is 41.3 Å². The summed E-state index contributed by atoms with van der Waals surface area (Å²) in [5, 5.41) is 6.50. The molecule has 3 rings (SSSR count). The van der Waals surface area contributed by atoms with Gasteiger partial charge in [-0.05, 0) is 43.3 Å². The predicted molar refractivity (Wildman–Crippen MR) is 112 cm³/mol. The quantitative estimate of drug-likeness (QED) is 0.711. The monoisotopic (exact) mass is 429 g/mol. The van der Waals surface area contributed by atoms with Gasteiger partial charge in [0.25, 0.3) is 11.8 Å². The molecule has 1 saturated heterocycles. The smallest absolute Gasteiger partial charge is 0.325 e. The van der Waals surface area contributed by atoms with E-state index in [2.05, 4.69) is 10.6 Å². The Bertz CT molecular complexity index is 901. The van der Waals surface area contributed by atoms with Crippen molar-refractivity contribution in [3.8, 4) is 0 Å². The number of nitrogens with zero attached hydrogens (tertiary/aromatic N) is 1. The number of hydrogen-bond donors (Lipinski definition) is 2. The van der Waals surface area contributed by atoms with Gasteiger partial charge in [-0.1, -0.05) is 24.3 Å². The SMILES string of the molecule is CC(OC(=O)C1CCCN(C(=O)c2cccs2)C1)C(=O)NC(=O)Nc1ccccc1. The second-order valence-corrected chi connectivity index (χ2v) is 7.90. The Morgan fingerprint density at radius 3 is 2.60 bits per heavy atom. The molecule has 158 valence electrons. The van der Waals surface area contributed by atoms with E-state index < -0.39 is 29.9 Å². The molecule has 0 spiro atoms. The van der Waals surface area contributed by atoms with E-state index in [-0.39, 0.29) is 12.5 Å². The Balaban J connectivity index is 1.48. The number of imide groups is 1. The van der Waals surface area contributed by atoms with E-state index >= 15 is 0 Å². The van der Waals surface area contributed by atoms with Crippen molar-refractivity contribution >= 4 is 40.8 Å². The summed E-state index contributed by atoms with van der Waals surface area (Å²) in [5.41, 5.74) is 0.533. The summed E-state index contributed by atoms with van der Waals surface area (Å²) < 4.78 is 5.26. The van der Waals surface area contributed by atoms with Gasteiger partial charge in [0.05, 0.1) is 10.8 Å². The van der Waals surface area contributed by atoms with Crippen molar-refractivity contribution in [1.29, 1.82) is 0 Å². The normalized spacial score (nSPS) is 17.0. The molecule has 1 aliphatic heterocycles. The summed E-state index contributed by atoms with van der Waals surface area (Å²) in [7, 11) is 0. The molecule has 2 heterocycles. The summed E-state index contributed by atoms with van der Waals surface area (Å²) in [5.74, 6) is -1.88. The largest absolute Gasteiger partial charge is 0.452 e. The van der Waals surface area contributed by atoms with Crippen LogP contribution < -0.4 is 10.6 Å². The zero-order chi connectivity index (χ0) is 21.5. The lowest BCUT2D eigenvalue weighted by molar-refractivity contribution is -0.159. The van der Waals surface area contributed by atoms with Crippen molar-refractivity contribution in [3.05, 3.63) is 52.7 Å². The lowest BCUT2D eigenvalue weighted by atomic mass is 9.98. The van der Waals surface area contributed by atoms with Crippen molar-refractivity contribution < 1.29 is 23.9 Å². The van der Waals surface area contributed by atoms with E-state index in [0.29, 0.717) is 30.0 Å². The number of rotatable bonds is 5. The van der Waals surface area contributed by atoms with E-state index in [1.807, 2.05) is 11.4 Å². The Labute approximate surface area is 178 Å².